The Morgan fingerprint density at radius 3 is 2.72 bits per heavy atom. The Morgan fingerprint density at radius 2 is 2.00 bits per heavy atom. The number of rotatable bonds is 6. The van der Waals surface area contributed by atoms with Gasteiger partial charge in [-0.15, -0.1) is 11.3 Å². The molecule has 0 fully saturated rings. The predicted octanol–water partition coefficient (Wildman–Crippen LogP) is 2.55. The van der Waals surface area contributed by atoms with Gasteiger partial charge in [0.2, 0.25) is 12.7 Å². The highest BCUT2D eigenvalue weighted by Gasteiger charge is 2.25. The Labute approximate surface area is 150 Å². The Bertz CT molecular complexity index is 758. The molecule has 0 radical (unpaired) electrons. The number of nitrogens with one attached hydrogen (secondary N) is 2. The zero-order valence-corrected chi connectivity index (χ0v) is 14.9. The van der Waals surface area contributed by atoms with Crippen LogP contribution in [0.25, 0.3) is 0 Å². The lowest BCUT2D eigenvalue weighted by atomic mass is 10.0. The van der Waals surface area contributed by atoms with Crippen molar-refractivity contribution in [3.63, 3.8) is 0 Å². The van der Waals surface area contributed by atoms with E-state index in [0.717, 1.165) is 5.56 Å². The first-order valence-electron chi connectivity index (χ1n) is 8.05. The van der Waals surface area contributed by atoms with Crippen LogP contribution in [0.4, 0.5) is 0 Å². The molecule has 0 saturated carbocycles. The fraction of sp³-hybridized carbons (Fsp3) is 0.333. The van der Waals surface area contributed by atoms with E-state index in [0.29, 0.717) is 22.9 Å². The van der Waals surface area contributed by atoms with Crippen LogP contribution in [0.5, 0.6) is 11.5 Å². The van der Waals surface area contributed by atoms with Gasteiger partial charge in [-0.3, -0.25) is 9.59 Å². The molecule has 1 atom stereocenters. The van der Waals surface area contributed by atoms with E-state index < -0.39 is 6.04 Å². The highest BCUT2D eigenvalue weighted by atomic mass is 32.1. The molecule has 1 aliphatic heterocycles. The van der Waals surface area contributed by atoms with E-state index in [1.807, 2.05) is 43.5 Å². The number of amides is 2. The Hall–Kier alpha value is -2.54. The van der Waals surface area contributed by atoms with Crippen LogP contribution in [-0.4, -0.2) is 24.6 Å². The summed E-state index contributed by atoms with van der Waals surface area (Å²) in [7, 11) is 0. The van der Waals surface area contributed by atoms with Gasteiger partial charge in [0.15, 0.2) is 11.5 Å². The van der Waals surface area contributed by atoms with Crippen molar-refractivity contribution in [1.29, 1.82) is 0 Å². The van der Waals surface area contributed by atoms with Gasteiger partial charge in [-0.2, -0.15) is 0 Å². The Kier molecular flexibility index (Phi) is 5.23. The summed E-state index contributed by atoms with van der Waals surface area (Å²) < 4.78 is 10.6. The van der Waals surface area contributed by atoms with Gasteiger partial charge in [0.1, 0.15) is 6.04 Å². The van der Waals surface area contributed by atoms with Gasteiger partial charge in [-0.25, -0.2) is 0 Å². The number of hydrogen-bond donors (Lipinski definition) is 2. The molecule has 2 heterocycles. The van der Waals surface area contributed by atoms with Crippen LogP contribution in [0.15, 0.2) is 35.7 Å². The van der Waals surface area contributed by atoms with Crippen molar-refractivity contribution in [3.8, 4) is 11.5 Å². The van der Waals surface area contributed by atoms with Crippen LogP contribution >= 0.6 is 11.3 Å². The summed E-state index contributed by atoms with van der Waals surface area (Å²) in [6.07, 6.45) is 0. The second-order valence-electron chi connectivity index (χ2n) is 6.08. The zero-order chi connectivity index (χ0) is 17.8. The lowest BCUT2D eigenvalue weighted by Crippen LogP contribution is -2.49. The highest BCUT2D eigenvalue weighted by Crippen LogP contribution is 2.32. The maximum absolute atomic E-state index is 12.5. The highest BCUT2D eigenvalue weighted by molar-refractivity contribution is 7.12. The van der Waals surface area contributed by atoms with Gasteiger partial charge < -0.3 is 20.1 Å². The van der Waals surface area contributed by atoms with Gasteiger partial charge in [0.25, 0.3) is 5.91 Å². The molecule has 25 heavy (non-hydrogen) atoms. The largest absolute Gasteiger partial charge is 0.454 e. The van der Waals surface area contributed by atoms with E-state index in [-0.39, 0.29) is 24.5 Å². The first kappa shape index (κ1) is 17.3. The number of hydrogen-bond acceptors (Lipinski definition) is 5. The molecule has 0 saturated heterocycles. The number of fused-ring (bicyclic) bond motifs is 1. The topological polar surface area (TPSA) is 76.7 Å². The van der Waals surface area contributed by atoms with Crippen molar-refractivity contribution in [2.24, 2.45) is 5.92 Å². The van der Waals surface area contributed by atoms with E-state index in [4.69, 9.17) is 9.47 Å². The molecule has 1 aliphatic rings. The van der Waals surface area contributed by atoms with E-state index in [9.17, 15) is 9.59 Å². The maximum atomic E-state index is 12.5. The molecule has 1 aromatic heterocycles. The average Bonchev–Trinajstić information content (AvgIpc) is 3.27. The SMILES string of the molecule is CC(C)[C@H](NC(=O)c1cccs1)C(=O)NCc1ccc2c(c1)OCO2. The van der Waals surface area contributed by atoms with Crippen LogP contribution in [0.1, 0.15) is 29.1 Å². The summed E-state index contributed by atoms with van der Waals surface area (Å²) in [6, 6.07) is 8.50. The van der Waals surface area contributed by atoms with Crippen LogP contribution in [-0.2, 0) is 11.3 Å². The molecule has 0 unspecified atom stereocenters. The molecule has 2 amide bonds. The smallest absolute Gasteiger partial charge is 0.262 e. The fourth-order valence-corrected chi connectivity index (χ4v) is 3.13. The second kappa shape index (κ2) is 7.57. The minimum Gasteiger partial charge on any atom is -0.454 e. The van der Waals surface area contributed by atoms with Crippen LogP contribution in [0.2, 0.25) is 0 Å². The quantitative estimate of drug-likeness (QED) is 0.830. The van der Waals surface area contributed by atoms with Crippen LogP contribution in [0, 0.1) is 5.92 Å². The zero-order valence-electron chi connectivity index (χ0n) is 14.1. The van der Waals surface area contributed by atoms with E-state index in [1.54, 1.807) is 6.07 Å². The molecule has 132 valence electrons. The van der Waals surface area contributed by atoms with Gasteiger partial charge >= 0.3 is 0 Å². The monoisotopic (exact) mass is 360 g/mol. The third-order valence-electron chi connectivity index (χ3n) is 3.88. The molecular weight excluding hydrogens is 340 g/mol. The summed E-state index contributed by atoms with van der Waals surface area (Å²) >= 11 is 1.35. The minimum absolute atomic E-state index is 0.0272. The van der Waals surface area contributed by atoms with Crippen molar-refractivity contribution in [3.05, 3.63) is 46.2 Å². The third kappa shape index (κ3) is 4.11. The third-order valence-corrected chi connectivity index (χ3v) is 4.75. The van der Waals surface area contributed by atoms with Crippen LogP contribution < -0.4 is 20.1 Å². The van der Waals surface area contributed by atoms with Crippen LogP contribution in [0.3, 0.4) is 0 Å². The summed E-state index contributed by atoms with van der Waals surface area (Å²) in [6.45, 7) is 4.38. The number of carbonyl (C=O) groups excluding carboxylic acids is 2. The maximum Gasteiger partial charge on any atom is 0.262 e. The number of benzene rings is 1. The normalized spacial score (nSPS) is 13.6. The molecule has 6 nitrogen and oxygen atoms in total. The average molecular weight is 360 g/mol. The van der Waals surface area contributed by atoms with Gasteiger partial charge in [0.05, 0.1) is 4.88 Å². The minimum atomic E-state index is -0.594. The molecule has 0 aliphatic carbocycles. The molecule has 2 N–H and O–H groups in total. The predicted molar refractivity (Wildman–Crippen MR) is 94.8 cm³/mol. The Balaban J connectivity index is 1.60. The molecule has 3 rings (SSSR count). The van der Waals surface area contributed by atoms with Gasteiger partial charge in [-0.1, -0.05) is 26.0 Å². The first-order valence-corrected chi connectivity index (χ1v) is 8.93. The second-order valence-corrected chi connectivity index (χ2v) is 7.03. The lowest BCUT2D eigenvalue weighted by Gasteiger charge is -2.21. The fourth-order valence-electron chi connectivity index (χ4n) is 2.51. The van der Waals surface area contributed by atoms with Crippen molar-refractivity contribution >= 4 is 23.2 Å². The Morgan fingerprint density at radius 1 is 1.20 bits per heavy atom. The van der Waals surface area contributed by atoms with E-state index in [2.05, 4.69) is 10.6 Å². The molecule has 2 aromatic rings. The summed E-state index contributed by atoms with van der Waals surface area (Å²) in [5, 5.41) is 7.52. The molecule has 1 aromatic carbocycles. The van der Waals surface area contributed by atoms with Gasteiger partial charge in [0, 0.05) is 6.54 Å². The first-order chi connectivity index (χ1) is 12.0. The van der Waals surface area contributed by atoms with Crippen molar-refractivity contribution in [2.75, 3.05) is 6.79 Å². The molecule has 0 spiro atoms. The van der Waals surface area contributed by atoms with E-state index in [1.165, 1.54) is 11.3 Å². The standard InChI is InChI=1S/C18H20N2O4S/c1-11(2)16(20-17(21)15-4-3-7-25-15)18(22)19-9-12-5-6-13-14(8-12)24-10-23-13/h3-8,11,16H,9-10H2,1-2H3,(H,19,22)(H,20,21)/t16-/m0/s1. The summed E-state index contributed by atoms with van der Waals surface area (Å²) in [5.74, 6) is 0.918. The molecular formula is C18H20N2O4S. The summed E-state index contributed by atoms with van der Waals surface area (Å²) in [5.41, 5.74) is 0.907. The summed E-state index contributed by atoms with van der Waals surface area (Å²) in [4.78, 5) is 25.3. The lowest BCUT2D eigenvalue weighted by molar-refractivity contribution is -0.124. The number of ether oxygens (including phenoxy) is 2. The van der Waals surface area contributed by atoms with E-state index >= 15 is 0 Å². The molecule has 7 heteroatoms. The molecule has 0 bridgehead atoms. The number of carbonyl (C=O) groups is 2. The van der Waals surface area contributed by atoms with Crippen molar-refractivity contribution in [2.45, 2.75) is 26.4 Å². The van der Waals surface area contributed by atoms with Crippen molar-refractivity contribution < 1.29 is 19.1 Å². The van der Waals surface area contributed by atoms with Crippen molar-refractivity contribution in [1.82, 2.24) is 10.6 Å². The number of thiophene rings is 1. The van der Waals surface area contributed by atoms with Gasteiger partial charge in [-0.05, 0) is 35.1 Å².